The first kappa shape index (κ1) is 20.1. The number of rotatable bonds is 3. The minimum atomic E-state index is -4.68. The Hall–Kier alpha value is -3.20. The van der Waals surface area contributed by atoms with Gasteiger partial charge in [-0.25, -0.2) is 9.50 Å². The van der Waals surface area contributed by atoms with Crippen LogP contribution in [0, 0.1) is 0 Å². The van der Waals surface area contributed by atoms with Crippen LogP contribution in [0.2, 0.25) is 0 Å². The average Bonchev–Trinajstić information content (AvgIpc) is 3.02. The van der Waals surface area contributed by atoms with Crippen molar-refractivity contribution >= 4 is 11.6 Å². The number of aliphatic hydroxyl groups is 1. The Kier molecular flexibility index (Phi) is 5.29. The molecule has 3 aromatic rings. The Balaban J connectivity index is 1.80. The van der Waals surface area contributed by atoms with Crippen molar-refractivity contribution in [3.63, 3.8) is 0 Å². The van der Waals surface area contributed by atoms with Crippen molar-refractivity contribution in [2.75, 3.05) is 13.2 Å². The first-order valence-electron chi connectivity index (χ1n) is 9.49. The molecule has 156 valence electrons. The van der Waals surface area contributed by atoms with E-state index >= 15 is 0 Å². The smallest absolute Gasteiger partial charge is 0.394 e. The van der Waals surface area contributed by atoms with Gasteiger partial charge in [0.05, 0.1) is 18.3 Å². The molecule has 4 rings (SSSR count). The van der Waals surface area contributed by atoms with E-state index in [1.165, 1.54) is 11.0 Å². The highest BCUT2D eigenvalue weighted by Crippen LogP contribution is 2.32. The summed E-state index contributed by atoms with van der Waals surface area (Å²) < 4.78 is 41.8. The third-order valence-corrected chi connectivity index (χ3v) is 5.03. The van der Waals surface area contributed by atoms with Gasteiger partial charge in [0.1, 0.15) is 0 Å². The minimum absolute atomic E-state index is 0.0690. The molecule has 30 heavy (non-hydrogen) atoms. The molecule has 6 nitrogen and oxygen atoms in total. The number of aromatic nitrogens is 3. The van der Waals surface area contributed by atoms with E-state index in [1.807, 2.05) is 12.2 Å². The van der Waals surface area contributed by atoms with E-state index in [-0.39, 0.29) is 23.6 Å². The normalized spacial score (nSPS) is 17.3. The highest BCUT2D eigenvalue weighted by molar-refractivity contribution is 5.93. The van der Waals surface area contributed by atoms with Crippen LogP contribution < -0.4 is 0 Å². The molecule has 0 saturated heterocycles. The van der Waals surface area contributed by atoms with Gasteiger partial charge in [-0.1, -0.05) is 42.5 Å². The molecule has 1 aliphatic heterocycles. The number of hydrogen-bond donors (Lipinski definition) is 1. The highest BCUT2D eigenvalue weighted by atomic mass is 19.4. The van der Waals surface area contributed by atoms with Crippen molar-refractivity contribution in [2.45, 2.75) is 25.1 Å². The predicted molar refractivity (Wildman–Crippen MR) is 104 cm³/mol. The molecule has 1 atom stereocenters. The third kappa shape index (κ3) is 3.80. The third-order valence-electron chi connectivity index (χ3n) is 5.03. The van der Waals surface area contributed by atoms with E-state index in [2.05, 4.69) is 10.1 Å². The number of hydrogen-bond acceptors (Lipinski definition) is 4. The lowest BCUT2D eigenvalue weighted by molar-refractivity contribution is -0.142. The van der Waals surface area contributed by atoms with Gasteiger partial charge in [0, 0.05) is 18.2 Å². The monoisotopic (exact) mass is 416 g/mol. The van der Waals surface area contributed by atoms with Crippen LogP contribution >= 0.6 is 0 Å². The summed E-state index contributed by atoms with van der Waals surface area (Å²) in [6.45, 7) is 0.108. The van der Waals surface area contributed by atoms with E-state index in [1.54, 1.807) is 30.3 Å². The van der Waals surface area contributed by atoms with Gasteiger partial charge < -0.3 is 10.0 Å². The maximum absolute atomic E-state index is 13.7. The molecule has 0 spiro atoms. The highest BCUT2D eigenvalue weighted by Gasteiger charge is 2.36. The number of aliphatic hydroxyl groups excluding tert-OH is 1. The molecule has 1 aliphatic rings. The number of alkyl halides is 3. The Morgan fingerprint density at radius 2 is 1.93 bits per heavy atom. The summed E-state index contributed by atoms with van der Waals surface area (Å²) >= 11 is 0. The van der Waals surface area contributed by atoms with Crippen molar-refractivity contribution in [1.82, 2.24) is 19.5 Å². The number of carbonyl (C=O) groups excluding carboxylic acids is 1. The summed E-state index contributed by atoms with van der Waals surface area (Å²) in [4.78, 5) is 18.8. The molecule has 1 N–H and O–H groups in total. The number of amides is 1. The van der Waals surface area contributed by atoms with Gasteiger partial charge in [-0.3, -0.25) is 4.79 Å². The molecule has 0 bridgehead atoms. The molecule has 0 fully saturated rings. The number of fused-ring (bicyclic) bond motifs is 1. The Morgan fingerprint density at radius 1 is 1.17 bits per heavy atom. The molecule has 2 aromatic heterocycles. The largest absolute Gasteiger partial charge is 0.433 e. The molecule has 1 amide bonds. The SMILES string of the molecule is O=C(c1cc2nc(-c3ccccc3)cc(C(F)(F)F)n2n1)N1CCC=CCC1CO. The Bertz CT molecular complexity index is 1090. The second-order valence-corrected chi connectivity index (χ2v) is 7.02. The lowest BCUT2D eigenvalue weighted by Gasteiger charge is -2.27. The molecular weight excluding hydrogens is 397 g/mol. The molecule has 9 heteroatoms. The van der Waals surface area contributed by atoms with Crippen molar-refractivity contribution in [2.24, 2.45) is 0 Å². The predicted octanol–water partition coefficient (Wildman–Crippen LogP) is 3.57. The summed E-state index contributed by atoms with van der Waals surface area (Å²) in [5.41, 5.74) is -0.555. The molecule has 1 unspecified atom stereocenters. The lowest BCUT2D eigenvalue weighted by Crippen LogP contribution is -2.42. The molecule has 1 aromatic carbocycles. The van der Waals surface area contributed by atoms with Gasteiger partial charge in [-0.15, -0.1) is 0 Å². The molecule has 0 saturated carbocycles. The lowest BCUT2D eigenvalue weighted by atomic mass is 10.1. The number of halogens is 3. The first-order valence-corrected chi connectivity index (χ1v) is 9.49. The van der Waals surface area contributed by atoms with E-state index in [9.17, 15) is 23.1 Å². The molecule has 3 heterocycles. The van der Waals surface area contributed by atoms with Crippen LogP contribution in [0.25, 0.3) is 16.9 Å². The maximum atomic E-state index is 13.7. The van der Waals surface area contributed by atoms with E-state index in [0.29, 0.717) is 29.5 Å². The second-order valence-electron chi connectivity index (χ2n) is 7.02. The van der Waals surface area contributed by atoms with Crippen molar-refractivity contribution in [3.05, 3.63) is 66.0 Å². The van der Waals surface area contributed by atoms with Crippen LogP contribution in [-0.2, 0) is 6.18 Å². The molecular formula is C21H19F3N4O2. The van der Waals surface area contributed by atoms with Gasteiger partial charge in [0.15, 0.2) is 17.0 Å². The maximum Gasteiger partial charge on any atom is 0.433 e. The first-order chi connectivity index (χ1) is 14.4. The van der Waals surface area contributed by atoms with Crippen LogP contribution in [-0.4, -0.2) is 49.7 Å². The van der Waals surface area contributed by atoms with Crippen molar-refractivity contribution in [1.29, 1.82) is 0 Å². The Labute approximate surface area is 170 Å². The topological polar surface area (TPSA) is 70.7 Å². The zero-order valence-corrected chi connectivity index (χ0v) is 15.9. The summed E-state index contributed by atoms with van der Waals surface area (Å²) in [5, 5.41) is 13.6. The van der Waals surface area contributed by atoms with Crippen LogP contribution in [0.4, 0.5) is 13.2 Å². The zero-order chi connectivity index (χ0) is 21.3. The summed E-state index contributed by atoms with van der Waals surface area (Å²) in [5.74, 6) is -0.530. The molecule has 0 radical (unpaired) electrons. The minimum Gasteiger partial charge on any atom is -0.394 e. The molecule has 0 aliphatic carbocycles. The van der Waals surface area contributed by atoms with Gasteiger partial charge >= 0.3 is 6.18 Å². The van der Waals surface area contributed by atoms with E-state index in [4.69, 9.17) is 0 Å². The summed E-state index contributed by atoms with van der Waals surface area (Å²) in [6.07, 6.45) is 0.180. The van der Waals surface area contributed by atoms with E-state index in [0.717, 1.165) is 6.07 Å². The number of carbonyl (C=O) groups is 1. The van der Waals surface area contributed by atoms with Gasteiger partial charge in [-0.05, 0) is 18.9 Å². The average molecular weight is 416 g/mol. The fourth-order valence-corrected chi connectivity index (χ4v) is 3.52. The van der Waals surface area contributed by atoms with Gasteiger partial charge in [0.2, 0.25) is 0 Å². The summed E-state index contributed by atoms with van der Waals surface area (Å²) in [7, 11) is 0. The van der Waals surface area contributed by atoms with Crippen LogP contribution in [0.15, 0.2) is 54.6 Å². The zero-order valence-electron chi connectivity index (χ0n) is 15.9. The quantitative estimate of drug-likeness (QED) is 0.663. The van der Waals surface area contributed by atoms with Crippen molar-refractivity contribution < 1.29 is 23.1 Å². The van der Waals surface area contributed by atoms with Crippen LogP contribution in [0.3, 0.4) is 0 Å². The van der Waals surface area contributed by atoms with Crippen molar-refractivity contribution in [3.8, 4) is 11.3 Å². The fourth-order valence-electron chi connectivity index (χ4n) is 3.52. The second kappa shape index (κ2) is 7.91. The standard InChI is InChI=1S/C21H19F3N4O2/c22-21(23,24)18-11-16(14-7-3-1-4-8-14)25-19-12-17(26-28(18)19)20(30)27-10-6-2-5-9-15(27)13-29/h1-5,7-8,11-12,15,29H,6,9-10,13H2. The van der Waals surface area contributed by atoms with E-state index < -0.39 is 23.8 Å². The number of benzene rings is 1. The van der Waals surface area contributed by atoms with Gasteiger partial charge in [0.25, 0.3) is 5.91 Å². The van der Waals surface area contributed by atoms with Gasteiger partial charge in [-0.2, -0.15) is 18.3 Å². The summed E-state index contributed by atoms with van der Waals surface area (Å²) in [6, 6.07) is 10.2. The Morgan fingerprint density at radius 3 is 2.63 bits per heavy atom. The van der Waals surface area contributed by atoms with Crippen LogP contribution in [0.5, 0.6) is 0 Å². The number of nitrogens with zero attached hydrogens (tertiary/aromatic N) is 4. The fraction of sp³-hybridized carbons (Fsp3) is 0.286. The van der Waals surface area contributed by atoms with Crippen LogP contribution in [0.1, 0.15) is 29.0 Å².